The topological polar surface area (TPSA) is 12.9 Å². The first-order valence-corrected chi connectivity index (χ1v) is 5.51. The maximum absolute atomic E-state index is 4.59. The summed E-state index contributed by atoms with van der Waals surface area (Å²) in [5, 5.41) is 1.29. The molecule has 2 aliphatic rings. The highest BCUT2D eigenvalue weighted by atomic mass is 14.7. The molecular weight excluding hydrogens is 194 g/mol. The fourth-order valence-corrected chi connectivity index (χ4v) is 2.38. The van der Waals surface area contributed by atoms with Gasteiger partial charge in [0, 0.05) is 11.1 Å². The normalized spacial score (nSPS) is 11.1. The highest BCUT2D eigenvalue weighted by molar-refractivity contribution is 6.02. The van der Waals surface area contributed by atoms with Crippen LogP contribution in [0.5, 0.6) is 0 Å². The largest absolute Gasteiger partial charge is 0.253 e. The van der Waals surface area contributed by atoms with Crippen LogP contribution in [0.2, 0.25) is 0 Å². The first kappa shape index (κ1) is 9.34. The molecule has 78 valence electrons. The number of aromatic nitrogens is 1. The lowest BCUT2D eigenvalue weighted by atomic mass is 10.1. The molecule has 0 atom stereocenters. The van der Waals surface area contributed by atoms with Crippen molar-refractivity contribution in [3.05, 3.63) is 53.7 Å². The molecule has 0 fully saturated rings. The Morgan fingerprint density at radius 2 is 1.75 bits per heavy atom. The van der Waals surface area contributed by atoms with E-state index in [2.05, 4.69) is 54.4 Å². The van der Waals surface area contributed by atoms with Crippen LogP contribution >= 0.6 is 0 Å². The number of aryl methyl sites for hydroxylation is 2. The molecule has 0 saturated heterocycles. The van der Waals surface area contributed by atoms with Gasteiger partial charge in [-0.25, -0.2) is 0 Å². The summed E-state index contributed by atoms with van der Waals surface area (Å²) in [6.45, 7) is 4.20. The minimum absolute atomic E-state index is 1.09. The van der Waals surface area contributed by atoms with Gasteiger partial charge in [0.05, 0.1) is 5.52 Å². The standard InChI is InChI=1S/C15H13N/c1-10-8-11(2)16-14-9-12-6-4-3-5-7-13(12)15(10)14/h3-9H,1-2H3. The van der Waals surface area contributed by atoms with Crippen molar-refractivity contribution in [3.8, 4) is 11.1 Å². The number of fused-ring (bicyclic) bond motifs is 3. The molecule has 1 aromatic heterocycles. The predicted octanol–water partition coefficient (Wildman–Crippen LogP) is 3.96. The summed E-state index contributed by atoms with van der Waals surface area (Å²) < 4.78 is 0. The Balaban J connectivity index is 2.52. The van der Waals surface area contributed by atoms with E-state index < -0.39 is 0 Å². The molecule has 3 rings (SSSR count). The molecule has 1 heteroatoms. The van der Waals surface area contributed by atoms with Gasteiger partial charge in [0.1, 0.15) is 0 Å². The van der Waals surface area contributed by atoms with Crippen molar-refractivity contribution in [1.82, 2.24) is 4.98 Å². The molecule has 0 spiro atoms. The molecule has 0 aliphatic heterocycles. The second-order valence-electron chi connectivity index (χ2n) is 4.26. The molecule has 1 nitrogen and oxygen atoms in total. The van der Waals surface area contributed by atoms with Crippen molar-refractivity contribution in [2.75, 3.05) is 0 Å². The average Bonchev–Trinajstić information content (AvgIpc) is 2.42. The maximum atomic E-state index is 4.59. The maximum Gasteiger partial charge on any atom is 0.0720 e. The van der Waals surface area contributed by atoms with E-state index in [0.717, 1.165) is 11.2 Å². The first-order chi connectivity index (χ1) is 7.75. The Bertz CT molecular complexity index is 640. The van der Waals surface area contributed by atoms with Gasteiger partial charge in [-0.2, -0.15) is 0 Å². The minimum atomic E-state index is 1.09. The van der Waals surface area contributed by atoms with Crippen LogP contribution in [-0.4, -0.2) is 4.98 Å². The van der Waals surface area contributed by atoms with Gasteiger partial charge in [-0.1, -0.05) is 30.3 Å². The van der Waals surface area contributed by atoms with Crippen molar-refractivity contribution in [3.63, 3.8) is 0 Å². The van der Waals surface area contributed by atoms with Crippen LogP contribution in [0.4, 0.5) is 0 Å². The average molecular weight is 207 g/mol. The molecule has 0 N–H and O–H groups in total. The van der Waals surface area contributed by atoms with E-state index in [1.165, 1.54) is 22.1 Å². The van der Waals surface area contributed by atoms with E-state index >= 15 is 0 Å². The molecule has 0 aromatic carbocycles. The monoisotopic (exact) mass is 207 g/mol. The molecule has 1 aromatic rings. The van der Waals surface area contributed by atoms with Gasteiger partial charge >= 0.3 is 0 Å². The van der Waals surface area contributed by atoms with E-state index in [9.17, 15) is 0 Å². The van der Waals surface area contributed by atoms with Gasteiger partial charge in [0.25, 0.3) is 0 Å². The molecule has 0 radical (unpaired) electrons. The van der Waals surface area contributed by atoms with Crippen molar-refractivity contribution < 1.29 is 0 Å². The summed E-state index contributed by atoms with van der Waals surface area (Å²) >= 11 is 0. The second kappa shape index (κ2) is 3.31. The van der Waals surface area contributed by atoms with E-state index in [0.29, 0.717) is 0 Å². The summed E-state index contributed by atoms with van der Waals surface area (Å²) in [5.41, 5.74) is 6.07. The lowest BCUT2D eigenvalue weighted by Gasteiger charge is -2.00. The molecule has 16 heavy (non-hydrogen) atoms. The number of hydrogen-bond acceptors (Lipinski definition) is 1. The fourth-order valence-electron chi connectivity index (χ4n) is 2.38. The van der Waals surface area contributed by atoms with Crippen LogP contribution < -0.4 is 0 Å². The van der Waals surface area contributed by atoms with Crippen molar-refractivity contribution in [1.29, 1.82) is 0 Å². The van der Waals surface area contributed by atoms with Gasteiger partial charge in [0.2, 0.25) is 0 Å². The Kier molecular flexibility index (Phi) is 1.93. The summed E-state index contributed by atoms with van der Waals surface area (Å²) in [6, 6.07) is 14.8. The minimum Gasteiger partial charge on any atom is -0.253 e. The van der Waals surface area contributed by atoms with Gasteiger partial charge in [-0.3, -0.25) is 4.98 Å². The summed E-state index contributed by atoms with van der Waals surface area (Å²) in [4.78, 5) is 4.59. The summed E-state index contributed by atoms with van der Waals surface area (Å²) in [6.07, 6.45) is 0. The fraction of sp³-hybridized carbons (Fsp3) is 0.133. The highest BCUT2D eigenvalue weighted by Crippen LogP contribution is 2.34. The van der Waals surface area contributed by atoms with E-state index in [1.807, 2.05) is 6.92 Å². The Labute approximate surface area is 95.1 Å². The molecule has 2 aliphatic carbocycles. The Hall–Kier alpha value is -1.89. The SMILES string of the molecule is Cc1cc(C)c2c3cccccc-3cc2n1. The van der Waals surface area contributed by atoms with Crippen LogP contribution in [0.3, 0.4) is 0 Å². The lowest BCUT2D eigenvalue weighted by Crippen LogP contribution is -1.83. The third kappa shape index (κ3) is 1.28. The summed E-state index contributed by atoms with van der Waals surface area (Å²) in [7, 11) is 0. The summed E-state index contributed by atoms with van der Waals surface area (Å²) in [5.74, 6) is 0. The van der Waals surface area contributed by atoms with Gasteiger partial charge in [-0.15, -0.1) is 0 Å². The number of nitrogens with zero attached hydrogens (tertiary/aromatic N) is 1. The van der Waals surface area contributed by atoms with Gasteiger partial charge in [0.15, 0.2) is 0 Å². The van der Waals surface area contributed by atoms with Crippen molar-refractivity contribution in [2.45, 2.75) is 13.8 Å². The lowest BCUT2D eigenvalue weighted by molar-refractivity contribution is 1.24. The van der Waals surface area contributed by atoms with Crippen molar-refractivity contribution >= 4 is 10.9 Å². The zero-order valence-electron chi connectivity index (χ0n) is 9.49. The van der Waals surface area contributed by atoms with Crippen LogP contribution in [0.1, 0.15) is 11.3 Å². The molecule has 0 saturated carbocycles. The molecule has 1 heterocycles. The zero-order valence-corrected chi connectivity index (χ0v) is 9.49. The second-order valence-corrected chi connectivity index (χ2v) is 4.26. The highest BCUT2D eigenvalue weighted by Gasteiger charge is 2.11. The van der Waals surface area contributed by atoms with Gasteiger partial charge < -0.3 is 0 Å². The molecular formula is C15H13N. The number of rotatable bonds is 0. The smallest absolute Gasteiger partial charge is 0.0720 e. The van der Waals surface area contributed by atoms with E-state index in [-0.39, 0.29) is 0 Å². The Morgan fingerprint density at radius 1 is 0.938 bits per heavy atom. The number of pyridine rings is 1. The third-order valence-corrected chi connectivity index (χ3v) is 3.01. The zero-order chi connectivity index (χ0) is 11.1. The molecule has 0 unspecified atom stereocenters. The predicted molar refractivity (Wildman–Crippen MR) is 67.8 cm³/mol. The van der Waals surface area contributed by atoms with Crippen LogP contribution in [0.25, 0.3) is 22.0 Å². The van der Waals surface area contributed by atoms with Crippen LogP contribution in [-0.2, 0) is 0 Å². The van der Waals surface area contributed by atoms with Gasteiger partial charge in [-0.05, 0) is 42.7 Å². The van der Waals surface area contributed by atoms with Crippen LogP contribution in [0, 0.1) is 13.8 Å². The van der Waals surface area contributed by atoms with E-state index in [1.54, 1.807) is 0 Å². The van der Waals surface area contributed by atoms with E-state index in [4.69, 9.17) is 0 Å². The quantitative estimate of drug-likeness (QED) is 0.543. The third-order valence-electron chi connectivity index (χ3n) is 3.01. The van der Waals surface area contributed by atoms with Crippen molar-refractivity contribution in [2.24, 2.45) is 0 Å². The Morgan fingerprint density at radius 3 is 2.62 bits per heavy atom. The van der Waals surface area contributed by atoms with Crippen LogP contribution in [0.15, 0.2) is 42.5 Å². The number of hydrogen-bond donors (Lipinski definition) is 0. The molecule has 0 amide bonds. The molecule has 0 bridgehead atoms. The first-order valence-electron chi connectivity index (χ1n) is 5.51.